The first-order valence-electron chi connectivity index (χ1n) is 3.97. The van der Waals surface area contributed by atoms with E-state index in [0.29, 0.717) is 13.0 Å². The summed E-state index contributed by atoms with van der Waals surface area (Å²) in [6.45, 7) is 0.503. The van der Waals surface area contributed by atoms with Gasteiger partial charge in [-0.3, -0.25) is 4.68 Å². The van der Waals surface area contributed by atoms with Crippen molar-refractivity contribution in [2.45, 2.75) is 19.1 Å². The van der Waals surface area contributed by atoms with Crippen molar-refractivity contribution in [2.24, 2.45) is 0 Å². The Morgan fingerprint density at radius 3 is 3.08 bits per heavy atom. The van der Waals surface area contributed by atoms with Gasteiger partial charge >= 0.3 is 5.97 Å². The molecule has 1 heterocycles. The van der Waals surface area contributed by atoms with Crippen LogP contribution in [-0.4, -0.2) is 34.1 Å². The first-order chi connectivity index (χ1) is 6.24. The third-order valence-corrected chi connectivity index (χ3v) is 1.66. The quantitative estimate of drug-likeness (QED) is 0.658. The van der Waals surface area contributed by atoms with E-state index in [-0.39, 0.29) is 0 Å². The number of nitrogens with zero attached hydrogens (tertiary/aromatic N) is 2. The fraction of sp³-hybridized carbons (Fsp3) is 0.500. The normalized spacial score (nSPS) is 12.5. The fourth-order valence-electron chi connectivity index (χ4n) is 0.941. The van der Waals surface area contributed by atoms with E-state index in [0.717, 1.165) is 0 Å². The minimum atomic E-state index is -1.06. The molecule has 13 heavy (non-hydrogen) atoms. The summed E-state index contributed by atoms with van der Waals surface area (Å²) in [5.41, 5.74) is 0. The lowest BCUT2D eigenvalue weighted by atomic mass is 10.2. The molecule has 0 radical (unpaired) electrons. The van der Waals surface area contributed by atoms with Crippen LogP contribution in [0.5, 0.6) is 0 Å². The minimum Gasteiger partial charge on any atom is -0.467 e. The molecule has 72 valence electrons. The van der Waals surface area contributed by atoms with Gasteiger partial charge in [0.1, 0.15) is 0 Å². The molecule has 1 atom stereocenters. The fourth-order valence-corrected chi connectivity index (χ4v) is 0.941. The SMILES string of the molecule is COC(=O)C(O)CCn1cccn1. The van der Waals surface area contributed by atoms with Crippen molar-refractivity contribution < 1.29 is 14.6 Å². The van der Waals surface area contributed by atoms with Crippen LogP contribution in [0, 0.1) is 0 Å². The topological polar surface area (TPSA) is 64.3 Å². The molecule has 0 fully saturated rings. The predicted octanol–water partition coefficient (Wildman–Crippen LogP) is -0.193. The first-order valence-corrected chi connectivity index (χ1v) is 3.97. The Balaban J connectivity index is 2.30. The molecule has 1 N–H and O–H groups in total. The van der Waals surface area contributed by atoms with Crippen molar-refractivity contribution in [1.29, 1.82) is 0 Å². The summed E-state index contributed by atoms with van der Waals surface area (Å²) in [4.78, 5) is 10.8. The van der Waals surface area contributed by atoms with Crippen molar-refractivity contribution in [2.75, 3.05) is 7.11 Å². The lowest BCUT2D eigenvalue weighted by Crippen LogP contribution is -2.23. The molecule has 0 bridgehead atoms. The lowest BCUT2D eigenvalue weighted by molar-refractivity contribution is -0.150. The molecule has 0 aliphatic rings. The molecule has 0 aromatic carbocycles. The number of aryl methyl sites for hydroxylation is 1. The van der Waals surface area contributed by atoms with Gasteiger partial charge in [0.15, 0.2) is 6.10 Å². The van der Waals surface area contributed by atoms with Crippen LogP contribution >= 0.6 is 0 Å². The zero-order valence-electron chi connectivity index (χ0n) is 7.38. The summed E-state index contributed by atoms with van der Waals surface area (Å²) in [7, 11) is 1.25. The van der Waals surface area contributed by atoms with Gasteiger partial charge in [0.2, 0.25) is 0 Å². The van der Waals surface area contributed by atoms with Crippen LogP contribution in [0.4, 0.5) is 0 Å². The monoisotopic (exact) mass is 184 g/mol. The second kappa shape index (κ2) is 4.61. The zero-order valence-corrected chi connectivity index (χ0v) is 7.38. The van der Waals surface area contributed by atoms with Crippen LogP contribution < -0.4 is 0 Å². The zero-order chi connectivity index (χ0) is 9.68. The van der Waals surface area contributed by atoms with Gasteiger partial charge in [-0.15, -0.1) is 0 Å². The summed E-state index contributed by atoms with van der Waals surface area (Å²) in [5.74, 6) is -0.604. The van der Waals surface area contributed by atoms with Crippen molar-refractivity contribution in [3.05, 3.63) is 18.5 Å². The lowest BCUT2D eigenvalue weighted by Gasteiger charge is -2.07. The van der Waals surface area contributed by atoms with Crippen LogP contribution in [0.1, 0.15) is 6.42 Å². The highest BCUT2D eigenvalue weighted by Gasteiger charge is 2.14. The summed E-state index contributed by atoms with van der Waals surface area (Å²) in [6, 6.07) is 1.78. The second-order valence-corrected chi connectivity index (χ2v) is 2.60. The number of hydrogen-bond donors (Lipinski definition) is 1. The molecule has 1 unspecified atom stereocenters. The van der Waals surface area contributed by atoms with Crippen LogP contribution in [0.3, 0.4) is 0 Å². The summed E-state index contributed by atoms with van der Waals surface area (Å²) < 4.78 is 6.01. The van der Waals surface area contributed by atoms with Crippen LogP contribution in [0.15, 0.2) is 18.5 Å². The molecule has 0 aliphatic heterocycles. The van der Waals surface area contributed by atoms with Crippen LogP contribution in [-0.2, 0) is 16.1 Å². The Labute approximate surface area is 75.9 Å². The van der Waals surface area contributed by atoms with E-state index in [9.17, 15) is 9.90 Å². The molecule has 1 aromatic rings. The Morgan fingerprint density at radius 1 is 1.77 bits per heavy atom. The first kappa shape index (κ1) is 9.73. The Bertz CT molecular complexity index is 258. The number of methoxy groups -OCH3 is 1. The highest BCUT2D eigenvalue weighted by atomic mass is 16.5. The summed E-state index contributed by atoms with van der Waals surface area (Å²) in [5, 5.41) is 13.1. The van der Waals surface area contributed by atoms with Gasteiger partial charge in [0.25, 0.3) is 0 Å². The molecule has 0 saturated heterocycles. The van der Waals surface area contributed by atoms with Gasteiger partial charge in [-0.25, -0.2) is 4.79 Å². The standard InChI is InChI=1S/C8H12N2O3/c1-13-8(12)7(11)3-6-10-5-2-4-9-10/h2,4-5,7,11H,3,6H2,1H3. The molecular weight excluding hydrogens is 172 g/mol. The van der Waals surface area contributed by atoms with Crippen molar-refractivity contribution >= 4 is 5.97 Å². The maximum Gasteiger partial charge on any atom is 0.334 e. The van der Waals surface area contributed by atoms with Crippen molar-refractivity contribution in [3.8, 4) is 0 Å². The number of ether oxygens (including phenoxy) is 1. The Hall–Kier alpha value is -1.36. The number of rotatable bonds is 4. The summed E-state index contributed by atoms with van der Waals surface area (Å²) in [6.07, 6.45) is 2.66. The number of esters is 1. The van der Waals surface area contributed by atoms with Gasteiger partial charge in [-0.2, -0.15) is 5.10 Å². The Morgan fingerprint density at radius 2 is 2.54 bits per heavy atom. The highest BCUT2D eigenvalue weighted by Crippen LogP contribution is 1.97. The molecule has 1 rings (SSSR count). The number of hydrogen-bond acceptors (Lipinski definition) is 4. The third-order valence-electron chi connectivity index (χ3n) is 1.66. The maximum absolute atomic E-state index is 10.8. The van der Waals surface area contributed by atoms with Crippen LogP contribution in [0.2, 0.25) is 0 Å². The van der Waals surface area contributed by atoms with E-state index in [1.165, 1.54) is 7.11 Å². The van der Waals surface area contributed by atoms with Gasteiger partial charge in [0.05, 0.1) is 7.11 Å². The molecule has 0 aliphatic carbocycles. The minimum absolute atomic E-state index is 0.314. The smallest absolute Gasteiger partial charge is 0.334 e. The number of aliphatic hydroxyl groups is 1. The number of carbonyl (C=O) groups is 1. The van der Waals surface area contributed by atoms with E-state index in [4.69, 9.17) is 0 Å². The van der Waals surface area contributed by atoms with Gasteiger partial charge < -0.3 is 9.84 Å². The highest BCUT2D eigenvalue weighted by molar-refractivity contribution is 5.74. The largest absolute Gasteiger partial charge is 0.467 e. The van der Waals surface area contributed by atoms with Crippen LogP contribution in [0.25, 0.3) is 0 Å². The number of carbonyl (C=O) groups excluding carboxylic acids is 1. The maximum atomic E-state index is 10.8. The van der Waals surface area contributed by atoms with Gasteiger partial charge in [-0.05, 0) is 6.07 Å². The average Bonchev–Trinajstić information content (AvgIpc) is 2.65. The average molecular weight is 184 g/mol. The second-order valence-electron chi connectivity index (χ2n) is 2.60. The molecule has 0 saturated carbocycles. The van der Waals surface area contributed by atoms with Gasteiger partial charge in [-0.1, -0.05) is 0 Å². The van der Waals surface area contributed by atoms with Crippen molar-refractivity contribution in [3.63, 3.8) is 0 Å². The van der Waals surface area contributed by atoms with E-state index in [1.807, 2.05) is 0 Å². The third kappa shape index (κ3) is 2.87. The summed E-state index contributed by atoms with van der Waals surface area (Å²) >= 11 is 0. The Kier molecular flexibility index (Phi) is 3.45. The molecule has 0 amide bonds. The predicted molar refractivity (Wildman–Crippen MR) is 44.9 cm³/mol. The molecule has 5 nitrogen and oxygen atoms in total. The van der Waals surface area contributed by atoms with Crippen molar-refractivity contribution in [1.82, 2.24) is 9.78 Å². The van der Waals surface area contributed by atoms with E-state index in [1.54, 1.807) is 23.1 Å². The van der Waals surface area contributed by atoms with E-state index in [2.05, 4.69) is 9.84 Å². The number of aromatic nitrogens is 2. The van der Waals surface area contributed by atoms with Gasteiger partial charge in [0, 0.05) is 25.4 Å². The molecule has 0 spiro atoms. The molecule has 5 heteroatoms. The van der Waals surface area contributed by atoms with E-state index < -0.39 is 12.1 Å². The molecular formula is C8H12N2O3. The van der Waals surface area contributed by atoms with E-state index >= 15 is 0 Å². The molecule has 1 aromatic heterocycles. The number of aliphatic hydroxyl groups excluding tert-OH is 1.